The van der Waals surface area contributed by atoms with Gasteiger partial charge in [-0.3, -0.25) is 19.9 Å². The molecule has 1 heterocycles. The highest BCUT2D eigenvalue weighted by atomic mass is 16.5. The molecule has 1 saturated heterocycles. The van der Waals surface area contributed by atoms with E-state index in [1.165, 1.54) is 0 Å². The topological polar surface area (TPSA) is 100 Å². The minimum Gasteiger partial charge on any atom is -0.497 e. The average Bonchev–Trinajstić information content (AvgIpc) is 3.05. The maximum absolute atomic E-state index is 13.1. The molecular formula is C24H30N4O5. The van der Waals surface area contributed by atoms with Crippen molar-refractivity contribution in [3.05, 3.63) is 59.7 Å². The van der Waals surface area contributed by atoms with Gasteiger partial charge in [0.25, 0.3) is 11.8 Å². The Kier molecular flexibility index (Phi) is 7.23. The largest absolute Gasteiger partial charge is 0.497 e. The molecule has 0 aliphatic carbocycles. The first-order valence-electron chi connectivity index (χ1n) is 10.7. The first kappa shape index (κ1) is 24.1. The highest BCUT2D eigenvalue weighted by molar-refractivity contribution is 6.08. The second-order valence-electron chi connectivity index (χ2n) is 7.97. The van der Waals surface area contributed by atoms with Crippen molar-refractivity contribution in [3.8, 4) is 11.5 Å². The lowest BCUT2D eigenvalue weighted by Crippen LogP contribution is -2.51. The fraction of sp³-hybridized carbons (Fsp3) is 0.375. The smallest absolute Gasteiger partial charge is 0.344 e. The van der Waals surface area contributed by atoms with Crippen LogP contribution in [-0.4, -0.2) is 55.1 Å². The van der Waals surface area contributed by atoms with Gasteiger partial charge >= 0.3 is 6.03 Å². The van der Waals surface area contributed by atoms with Gasteiger partial charge < -0.3 is 14.8 Å². The Labute approximate surface area is 193 Å². The Hall–Kier alpha value is -3.59. The van der Waals surface area contributed by atoms with Crippen LogP contribution in [0.15, 0.2) is 48.5 Å². The molecule has 1 aliphatic heterocycles. The van der Waals surface area contributed by atoms with Gasteiger partial charge in [0.1, 0.15) is 17.0 Å². The Morgan fingerprint density at radius 3 is 2.39 bits per heavy atom. The standard InChI is InChI=1S/C24H30N4O5/c1-6-27(16(2)17-8-7-9-20(14-17)33-5)15-21(29)26-28-22(30)24(3,25-23(28)31)18-10-12-19(32-4)13-11-18/h7-14,16H,6,15H2,1-5H3,(H,25,31)(H,26,29). The number of carbonyl (C=O) groups excluding carboxylic acids is 3. The summed E-state index contributed by atoms with van der Waals surface area (Å²) in [7, 11) is 3.15. The van der Waals surface area contributed by atoms with Crippen LogP contribution in [-0.2, 0) is 15.1 Å². The molecule has 176 valence electrons. The Balaban J connectivity index is 1.69. The van der Waals surface area contributed by atoms with Crippen molar-refractivity contribution in [1.29, 1.82) is 0 Å². The molecule has 2 atom stereocenters. The third kappa shape index (κ3) is 4.93. The third-order valence-corrected chi connectivity index (χ3v) is 5.97. The first-order valence-corrected chi connectivity index (χ1v) is 10.7. The maximum Gasteiger partial charge on any atom is 0.344 e. The van der Waals surface area contributed by atoms with Crippen LogP contribution in [0.25, 0.3) is 0 Å². The number of imide groups is 1. The monoisotopic (exact) mass is 454 g/mol. The molecule has 2 N–H and O–H groups in total. The molecule has 9 heteroatoms. The third-order valence-electron chi connectivity index (χ3n) is 5.97. The molecule has 1 fully saturated rings. The number of ether oxygens (including phenoxy) is 2. The van der Waals surface area contributed by atoms with E-state index >= 15 is 0 Å². The van der Waals surface area contributed by atoms with E-state index in [9.17, 15) is 14.4 Å². The van der Waals surface area contributed by atoms with Gasteiger partial charge in [-0.15, -0.1) is 0 Å². The summed E-state index contributed by atoms with van der Waals surface area (Å²) in [6.45, 7) is 6.13. The van der Waals surface area contributed by atoms with E-state index < -0.39 is 23.4 Å². The van der Waals surface area contributed by atoms with Gasteiger partial charge in [-0.25, -0.2) is 4.79 Å². The van der Waals surface area contributed by atoms with Crippen molar-refractivity contribution in [3.63, 3.8) is 0 Å². The minimum absolute atomic E-state index is 0.00515. The van der Waals surface area contributed by atoms with Crippen LogP contribution < -0.4 is 20.2 Å². The number of rotatable bonds is 9. The van der Waals surface area contributed by atoms with Crippen LogP contribution in [0, 0.1) is 0 Å². The molecule has 2 aromatic rings. The average molecular weight is 455 g/mol. The summed E-state index contributed by atoms with van der Waals surface area (Å²) in [5, 5.41) is 3.42. The summed E-state index contributed by atoms with van der Waals surface area (Å²) in [6, 6.07) is 13.7. The van der Waals surface area contributed by atoms with Crippen molar-refractivity contribution in [2.75, 3.05) is 27.3 Å². The van der Waals surface area contributed by atoms with Crippen molar-refractivity contribution in [2.24, 2.45) is 0 Å². The van der Waals surface area contributed by atoms with Gasteiger partial charge in [0.2, 0.25) is 0 Å². The Morgan fingerprint density at radius 2 is 1.79 bits per heavy atom. The van der Waals surface area contributed by atoms with Crippen molar-refractivity contribution >= 4 is 17.8 Å². The van der Waals surface area contributed by atoms with Crippen molar-refractivity contribution in [2.45, 2.75) is 32.4 Å². The molecule has 2 aromatic carbocycles. The zero-order chi connectivity index (χ0) is 24.2. The number of hydrogen-bond acceptors (Lipinski definition) is 6. The summed E-state index contributed by atoms with van der Waals surface area (Å²) >= 11 is 0. The zero-order valence-electron chi connectivity index (χ0n) is 19.5. The van der Waals surface area contributed by atoms with E-state index in [1.807, 2.05) is 43.0 Å². The maximum atomic E-state index is 13.1. The van der Waals surface area contributed by atoms with Crippen molar-refractivity contribution in [1.82, 2.24) is 20.7 Å². The molecule has 0 aromatic heterocycles. The SMILES string of the molecule is CCN(CC(=O)NN1C(=O)NC(C)(c2ccc(OC)cc2)C1=O)C(C)c1cccc(OC)c1. The van der Waals surface area contributed by atoms with Gasteiger partial charge in [-0.1, -0.05) is 31.2 Å². The van der Waals surface area contributed by atoms with Gasteiger partial charge in [-0.2, -0.15) is 5.01 Å². The van der Waals surface area contributed by atoms with Crippen LogP contribution in [0.3, 0.4) is 0 Å². The van der Waals surface area contributed by atoms with E-state index in [0.29, 0.717) is 17.9 Å². The van der Waals surface area contributed by atoms with Gasteiger partial charge in [-0.05, 0) is 55.8 Å². The number of nitrogens with one attached hydrogen (secondary N) is 2. The number of methoxy groups -OCH3 is 2. The summed E-state index contributed by atoms with van der Waals surface area (Å²) in [4.78, 5) is 40.3. The molecule has 3 rings (SSSR count). The van der Waals surface area contributed by atoms with Crippen LogP contribution >= 0.6 is 0 Å². The van der Waals surface area contributed by atoms with Crippen LogP contribution in [0.1, 0.15) is 37.9 Å². The van der Waals surface area contributed by atoms with Gasteiger partial charge in [0, 0.05) is 6.04 Å². The summed E-state index contributed by atoms with van der Waals surface area (Å²) in [5.74, 6) is 0.343. The number of amides is 4. The molecular weight excluding hydrogens is 424 g/mol. The predicted octanol–water partition coefficient (Wildman–Crippen LogP) is 2.59. The normalized spacial score (nSPS) is 18.8. The number of benzene rings is 2. The molecule has 0 radical (unpaired) electrons. The van der Waals surface area contributed by atoms with E-state index in [-0.39, 0.29) is 12.6 Å². The Morgan fingerprint density at radius 1 is 1.12 bits per heavy atom. The summed E-state index contributed by atoms with van der Waals surface area (Å²) in [6.07, 6.45) is 0. The van der Waals surface area contributed by atoms with Gasteiger partial charge in [0.15, 0.2) is 0 Å². The van der Waals surface area contributed by atoms with Crippen LogP contribution in [0.4, 0.5) is 4.79 Å². The van der Waals surface area contributed by atoms with Crippen LogP contribution in [0.5, 0.6) is 11.5 Å². The zero-order valence-corrected chi connectivity index (χ0v) is 19.5. The summed E-state index contributed by atoms with van der Waals surface area (Å²) < 4.78 is 10.4. The number of nitrogens with zero attached hydrogens (tertiary/aromatic N) is 2. The quantitative estimate of drug-likeness (QED) is 0.565. The number of hydrogen-bond donors (Lipinski definition) is 2. The van der Waals surface area contributed by atoms with Crippen molar-refractivity contribution < 1.29 is 23.9 Å². The molecule has 0 bridgehead atoms. The van der Waals surface area contributed by atoms with Gasteiger partial charge in [0.05, 0.1) is 20.8 Å². The molecule has 1 aliphatic rings. The van der Waals surface area contributed by atoms with E-state index in [2.05, 4.69) is 10.7 Å². The lowest BCUT2D eigenvalue weighted by molar-refractivity contribution is -0.139. The second kappa shape index (κ2) is 9.91. The molecule has 33 heavy (non-hydrogen) atoms. The fourth-order valence-corrected chi connectivity index (χ4v) is 3.84. The minimum atomic E-state index is -1.30. The highest BCUT2D eigenvalue weighted by Crippen LogP contribution is 2.29. The molecule has 4 amide bonds. The lowest BCUT2D eigenvalue weighted by atomic mass is 9.92. The molecule has 9 nitrogen and oxygen atoms in total. The molecule has 2 unspecified atom stereocenters. The van der Waals surface area contributed by atoms with Crippen LogP contribution in [0.2, 0.25) is 0 Å². The first-order chi connectivity index (χ1) is 15.7. The number of urea groups is 1. The summed E-state index contributed by atoms with van der Waals surface area (Å²) in [5.41, 5.74) is 2.74. The number of hydrazine groups is 1. The molecule has 0 spiro atoms. The second-order valence-corrected chi connectivity index (χ2v) is 7.97. The number of likely N-dealkylation sites (N-methyl/N-ethyl adjacent to an activating group) is 1. The predicted molar refractivity (Wildman–Crippen MR) is 123 cm³/mol. The molecule has 0 saturated carbocycles. The lowest BCUT2D eigenvalue weighted by Gasteiger charge is -2.28. The van der Waals surface area contributed by atoms with E-state index in [4.69, 9.17) is 9.47 Å². The highest BCUT2D eigenvalue weighted by Gasteiger charge is 2.50. The van der Waals surface area contributed by atoms with E-state index in [1.54, 1.807) is 45.4 Å². The Bertz CT molecular complexity index is 1030. The number of carbonyl (C=O) groups is 3. The fourth-order valence-electron chi connectivity index (χ4n) is 3.84. The van der Waals surface area contributed by atoms with E-state index in [0.717, 1.165) is 16.3 Å².